The maximum Gasteiger partial charge on any atom is 0.117 e. The minimum Gasteiger partial charge on any atom is -0.468 e. The third kappa shape index (κ3) is 4.08. The highest BCUT2D eigenvalue weighted by Gasteiger charge is 2.16. The molecule has 1 rings (SSSR count). The zero-order valence-electron chi connectivity index (χ0n) is 10.3. The Kier molecular flexibility index (Phi) is 4.89. The third-order valence-electron chi connectivity index (χ3n) is 2.97. The molecule has 0 amide bonds. The normalized spacial score (nSPS) is 11.9. The lowest BCUT2D eigenvalue weighted by molar-refractivity contribution is 0.272. The van der Waals surface area contributed by atoms with Crippen molar-refractivity contribution < 1.29 is 4.42 Å². The third-order valence-corrected chi connectivity index (χ3v) is 2.97. The van der Waals surface area contributed by atoms with Gasteiger partial charge in [0.2, 0.25) is 0 Å². The second-order valence-corrected chi connectivity index (χ2v) is 4.86. The molecule has 1 aromatic rings. The molecule has 0 fully saturated rings. The molecular formula is C13H23NO. The molecule has 0 saturated carbocycles. The zero-order valence-corrected chi connectivity index (χ0v) is 10.3. The lowest BCUT2D eigenvalue weighted by Crippen LogP contribution is -2.29. The van der Waals surface area contributed by atoms with Gasteiger partial charge in [-0.3, -0.25) is 0 Å². The Morgan fingerprint density at radius 2 is 1.87 bits per heavy atom. The number of hydrogen-bond acceptors (Lipinski definition) is 2. The van der Waals surface area contributed by atoms with Crippen molar-refractivity contribution >= 4 is 0 Å². The van der Waals surface area contributed by atoms with Gasteiger partial charge in [0.15, 0.2) is 0 Å². The van der Waals surface area contributed by atoms with Gasteiger partial charge in [0.05, 0.1) is 12.8 Å². The van der Waals surface area contributed by atoms with Crippen LogP contribution in [-0.4, -0.2) is 6.54 Å². The van der Waals surface area contributed by atoms with E-state index in [2.05, 4.69) is 33.0 Å². The summed E-state index contributed by atoms with van der Waals surface area (Å²) in [7, 11) is 0. The van der Waals surface area contributed by atoms with Gasteiger partial charge in [0, 0.05) is 0 Å². The minimum absolute atomic E-state index is 0.731. The molecule has 2 heteroatoms. The molecule has 15 heavy (non-hydrogen) atoms. The van der Waals surface area contributed by atoms with Crippen LogP contribution in [0.5, 0.6) is 0 Å². The van der Waals surface area contributed by atoms with E-state index in [-0.39, 0.29) is 0 Å². The Labute approximate surface area is 93.1 Å². The molecule has 0 spiro atoms. The van der Waals surface area contributed by atoms with Gasteiger partial charge in [-0.25, -0.2) is 0 Å². The van der Waals surface area contributed by atoms with E-state index in [9.17, 15) is 0 Å². The molecule has 0 aliphatic heterocycles. The molecule has 2 nitrogen and oxygen atoms in total. The van der Waals surface area contributed by atoms with Gasteiger partial charge in [0.1, 0.15) is 5.76 Å². The van der Waals surface area contributed by atoms with E-state index in [1.165, 1.54) is 0 Å². The molecule has 1 heterocycles. The minimum atomic E-state index is 0.731. The lowest BCUT2D eigenvalue weighted by Gasteiger charge is -2.24. The summed E-state index contributed by atoms with van der Waals surface area (Å²) in [5.41, 5.74) is 0. The average molecular weight is 209 g/mol. The molecule has 0 aliphatic carbocycles. The van der Waals surface area contributed by atoms with E-state index < -0.39 is 0 Å². The van der Waals surface area contributed by atoms with Crippen molar-refractivity contribution in [3.8, 4) is 0 Å². The van der Waals surface area contributed by atoms with Crippen molar-refractivity contribution in [1.29, 1.82) is 0 Å². The van der Waals surface area contributed by atoms with E-state index in [4.69, 9.17) is 4.42 Å². The highest BCUT2D eigenvalue weighted by Crippen LogP contribution is 2.19. The molecule has 0 bridgehead atoms. The smallest absolute Gasteiger partial charge is 0.117 e. The number of hydrogen-bond donors (Lipinski definition) is 1. The first-order chi connectivity index (χ1) is 7.11. The summed E-state index contributed by atoms with van der Waals surface area (Å²) in [4.78, 5) is 0. The lowest BCUT2D eigenvalue weighted by atomic mass is 9.85. The molecule has 0 unspecified atom stereocenters. The molecule has 86 valence electrons. The topological polar surface area (TPSA) is 25.2 Å². The molecule has 0 aliphatic rings. The van der Waals surface area contributed by atoms with Crippen LogP contribution in [0.15, 0.2) is 22.8 Å². The quantitative estimate of drug-likeness (QED) is 0.777. The van der Waals surface area contributed by atoms with Gasteiger partial charge in [-0.15, -0.1) is 0 Å². The molecule has 0 atom stereocenters. The van der Waals surface area contributed by atoms with Crippen LogP contribution in [0.25, 0.3) is 0 Å². The van der Waals surface area contributed by atoms with Crippen molar-refractivity contribution in [2.45, 2.75) is 34.2 Å². The molecule has 0 saturated heterocycles. The maximum atomic E-state index is 5.27. The van der Waals surface area contributed by atoms with Crippen molar-refractivity contribution in [2.75, 3.05) is 6.54 Å². The monoisotopic (exact) mass is 209 g/mol. The van der Waals surface area contributed by atoms with Gasteiger partial charge in [-0.1, -0.05) is 27.7 Å². The van der Waals surface area contributed by atoms with Crippen LogP contribution in [0.2, 0.25) is 0 Å². The molecule has 0 radical (unpaired) electrons. The van der Waals surface area contributed by atoms with Gasteiger partial charge in [0.25, 0.3) is 0 Å². The highest BCUT2D eigenvalue weighted by atomic mass is 16.3. The SMILES string of the molecule is CC(C)C(CNCc1ccco1)C(C)C. The van der Waals surface area contributed by atoms with Gasteiger partial charge >= 0.3 is 0 Å². The fraction of sp³-hybridized carbons (Fsp3) is 0.692. The molecule has 1 N–H and O–H groups in total. The first-order valence-electron chi connectivity index (χ1n) is 5.84. The Bertz CT molecular complexity index is 244. The van der Waals surface area contributed by atoms with Crippen molar-refractivity contribution in [3.05, 3.63) is 24.2 Å². The second-order valence-electron chi connectivity index (χ2n) is 4.86. The van der Waals surface area contributed by atoms with Crippen molar-refractivity contribution in [1.82, 2.24) is 5.32 Å². The standard InChI is InChI=1S/C13H23NO/c1-10(2)13(11(3)4)9-14-8-12-6-5-7-15-12/h5-7,10-11,13-14H,8-9H2,1-4H3. The van der Waals surface area contributed by atoms with Crippen LogP contribution in [0.1, 0.15) is 33.5 Å². The summed E-state index contributed by atoms with van der Waals surface area (Å²) in [5, 5.41) is 3.46. The van der Waals surface area contributed by atoms with E-state index in [0.29, 0.717) is 0 Å². The fourth-order valence-electron chi connectivity index (χ4n) is 2.02. The number of furan rings is 1. The summed E-state index contributed by atoms with van der Waals surface area (Å²) < 4.78 is 5.27. The van der Waals surface area contributed by atoms with E-state index in [0.717, 1.165) is 36.6 Å². The van der Waals surface area contributed by atoms with Crippen molar-refractivity contribution in [3.63, 3.8) is 0 Å². The summed E-state index contributed by atoms with van der Waals surface area (Å²) >= 11 is 0. The van der Waals surface area contributed by atoms with Gasteiger partial charge in [-0.2, -0.15) is 0 Å². The van der Waals surface area contributed by atoms with E-state index >= 15 is 0 Å². The number of rotatable bonds is 6. The molecular weight excluding hydrogens is 186 g/mol. The Balaban J connectivity index is 2.28. The fourth-order valence-corrected chi connectivity index (χ4v) is 2.02. The first kappa shape index (κ1) is 12.3. The maximum absolute atomic E-state index is 5.27. The first-order valence-corrected chi connectivity index (χ1v) is 5.84. The van der Waals surface area contributed by atoms with Crippen molar-refractivity contribution in [2.24, 2.45) is 17.8 Å². The van der Waals surface area contributed by atoms with Crippen LogP contribution >= 0.6 is 0 Å². The molecule has 1 aromatic heterocycles. The average Bonchev–Trinajstić information content (AvgIpc) is 2.63. The van der Waals surface area contributed by atoms with Crippen LogP contribution in [0.4, 0.5) is 0 Å². The Morgan fingerprint density at radius 3 is 2.33 bits per heavy atom. The second kappa shape index (κ2) is 5.96. The number of nitrogens with one attached hydrogen (secondary N) is 1. The van der Waals surface area contributed by atoms with E-state index in [1.807, 2.05) is 12.1 Å². The Morgan fingerprint density at radius 1 is 1.20 bits per heavy atom. The summed E-state index contributed by atoms with van der Waals surface area (Å²) in [5.74, 6) is 3.21. The summed E-state index contributed by atoms with van der Waals surface area (Å²) in [6.07, 6.45) is 1.72. The van der Waals surface area contributed by atoms with Gasteiger partial charge < -0.3 is 9.73 Å². The summed E-state index contributed by atoms with van der Waals surface area (Å²) in [6.45, 7) is 11.1. The molecule has 0 aromatic carbocycles. The zero-order chi connectivity index (χ0) is 11.3. The van der Waals surface area contributed by atoms with Gasteiger partial charge in [-0.05, 0) is 36.4 Å². The van der Waals surface area contributed by atoms with Crippen LogP contribution in [0.3, 0.4) is 0 Å². The predicted molar refractivity (Wildman–Crippen MR) is 63.6 cm³/mol. The highest BCUT2D eigenvalue weighted by molar-refractivity contribution is 4.97. The van der Waals surface area contributed by atoms with E-state index in [1.54, 1.807) is 6.26 Å². The van der Waals surface area contributed by atoms with Crippen LogP contribution in [-0.2, 0) is 6.54 Å². The van der Waals surface area contributed by atoms with Crippen LogP contribution < -0.4 is 5.32 Å². The largest absolute Gasteiger partial charge is 0.468 e. The summed E-state index contributed by atoms with van der Waals surface area (Å²) in [6, 6.07) is 3.94. The Hall–Kier alpha value is -0.760. The van der Waals surface area contributed by atoms with Crippen LogP contribution in [0, 0.1) is 17.8 Å². The predicted octanol–water partition coefficient (Wildman–Crippen LogP) is 3.30.